The van der Waals surface area contributed by atoms with E-state index in [1.165, 1.54) is 0 Å². The molecule has 1 amide bonds. The van der Waals surface area contributed by atoms with Crippen molar-refractivity contribution >= 4 is 12.1 Å². The van der Waals surface area contributed by atoms with Crippen molar-refractivity contribution in [2.45, 2.75) is 58.6 Å². The number of amides is 1. The molecule has 0 saturated heterocycles. The zero-order valence-electron chi connectivity index (χ0n) is 17.7. The first kappa shape index (κ1) is 22.5. The highest BCUT2D eigenvalue weighted by atomic mass is 16.6. The van der Waals surface area contributed by atoms with Gasteiger partial charge in [0.2, 0.25) is 0 Å². The van der Waals surface area contributed by atoms with Crippen LogP contribution < -0.4 is 5.32 Å². The number of esters is 1. The Hall–Kier alpha value is -2.82. The van der Waals surface area contributed by atoms with Gasteiger partial charge < -0.3 is 14.8 Å². The molecule has 2 aromatic carbocycles. The van der Waals surface area contributed by atoms with Crippen LogP contribution in [-0.4, -0.2) is 30.3 Å². The standard InChI is InChI=1S/C24H31NO4/c1-5-28-22(26)16-15-21(25-23(27)29-24(2,3)4)17-18-11-13-20(14-12-18)19-9-7-6-8-10-19/h6-14,21H,5,15-17H2,1-4H3,(H,25,27). The Bertz CT molecular complexity index is 779. The van der Waals surface area contributed by atoms with Gasteiger partial charge in [0.1, 0.15) is 5.60 Å². The molecule has 0 aliphatic rings. The molecule has 0 bridgehead atoms. The van der Waals surface area contributed by atoms with Crippen LogP contribution in [0.5, 0.6) is 0 Å². The van der Waals surface area contributed by atoms with E-state index in [4.69, 9.17) is 9.47 Å². The summed E-state index contributed by atoms with van der Waals surface area (Å²) in [5.41, 5.74) is 2.80. The van der Waals surface area contributed by atoms with Crippen molar-refractivity contribution in [2.24, 2.45) is 0 Å². The zero-order valence-corrected chi connectivity index (χ0v) is 17.7. The number of hydrogen-bond acceptors (Lipinski definition) is 4. The monoisotopic (exact) mass is 397 g/mol. The van der Waals surface area contributed by atoms with Crippen LogP contribution in [0.3, 0.4) is 0 Å². The molecule has 5 nitrogen and oxygen atoms in total. The van der Waals surface area contributed by atoms with Gasteiger partial charge in [-0.1, -0.05) is 54.6 Å². The fourth-order valence-corrected chi connectivity index (χ4v) is 2.97. The summed E-state index contributed by atoms with van der Waals surface area (Å²) in [6, 6.07) is 18.2. The van der Waals surface area contributed by atoms with Gasteiger partial charge in [-0.15, -0.1) is 0 Å². The van der Waals surface area contributed by atoms with Gasteiger partial charge in [-0.3, -0.25) is 4.79 Å². The Morgan fingerprint density at radius 2 is 1.59 bits per heavy atom. The largest absolute Gasteiger partial charge is 0.466 e. The molecule has 0 aromatic heterocycles. The maximum atomic E-state index is 12.2. The average Bonchev–Trinajstić information content (AvgIpc) is 2.66. The molecule has 0 aliphatic carbocycles. The van der Waals surface area contributed by atoms with Crippen molar-refractivity contribution in [2.75, 3.05) is 6.61 Å². The lowest BCUT2D eigenvalue weighted by atomic mass is 9.98. The number of alkyl carbamates (subject to hydrolysis) is 1. The van der Waals surface area contributed by atoms with E-state index in [-0.39, 0.29) is 18.4 Å². The normalized spacial score (nSPS) is 12.1. The Labute approximate surface area is 173 Å². The minimum atomic E-state index is -0.576. The molecule has 0 heterocycles. The van der Waals surface area contributed by atoms with Crippen LogP contribution >= 0.6 is 0 Å². The summed E-state index contributed by atoms with van der Waals surface area (Å²) in [4.78, 5) is 24.0. The maximum absolute atomic E-state index is 12.2. The van der Waals surface area contributed by atoms with Gasteiger partial charge >= 0.3 is 12.1 Å². The fourth-order valence-electron chi connectivity index (χ4n) is 2.97. The van der Waals surface area contributed by atoms with E-state index in [0.717, 1.165) is 16.7 Å². The van der Waals surface area contributed by atoms with Crippen LogP contribution in [0.1, 0.15) is 46.1 Å². The van der Waals surface area contributed by atoms with Crippen LogP contribution in [-0.2, 0) is 20.7 Å². The van der Waals surface area contributed by atoms with Crippen molar-refractivity contribution in [3.63, 3.8) is 0 Å². The van der Waals surface area contributed by atoms with Crippen molar-refractivity contribution in [3.8, 4) is 11.1 Å². The van der Waals surface area contributed by atoms with E-state index >= 15 is 0 Å². The molecule has 1 atom stereocenters. The summed E-state index contributed by atoms with van der Waals surface area (Å²) in [5, 5.41) is 2.90. The van der Waals surface area contributed by atoms with Crippen LogP contribution in [0, 0.1) is 0 Å². The summed E-state index contributed by atoms with van der Waals surface area (Å²) < 4.78 is 10.4. The lowest BCUT2D eigenvalue weighted by molar-refractivity contribution is -0.143. The lowest BCUT2D eigenvalue weighted by Crippen LogP contribution is -2.40. The van der Waals surface area contributed by atoms with Crippen molar-refractivity contribution in [1.29, 1.82) is 0 Å². The van der Waals surface area contributed by atoms with Crippen LogP contribution in [0.25, 0.3) is 11.1 Å². The fraction of sp³-hybridized carbons (Fsp3) is 0.417. The molecule has 29 heavy (non-hydrogen) atoms. The quantitative estimate of drug-likeness (QED) is 0.627. The Morgan fingerprint density at radius 3 is 2.17 bits per heavy atom. The number of nitrogens with one attached hydrogen (secondary N) is 1. The molecule has 0 fully saturated rings. The van der Waals surface area contributed by atoms with Crippen LogP contribution in [0.2, 0.25) is 0 Å². The van der Waals surface area contributed by atoms with Crippen molar-refractivity contribution in [1.82, 2.24) is 5.32 Å². The molecule has 1 N–H and O–H groups in total. The molecule has 5 heteroatoms. The number of carbonyl (C=O) groups excluding carboxylic acids is 2. The van der Waals surface area contributed by atoms with Crippen molar-refractivity contribution in [3.05, 3.63) is 60.2 Å². The number of carbonyl (C=O) groups is 2. The summed E-state index contributed by atoms with van der Waals surface area (Å²) in [7, 11) is 0. The topological polar surface area (TPSA) is 64.6 Å². The van der Waals surface area contributed by atoms with Crippen LogP contribution in [0.4, 0.5) is 4.79 Å². The molecule has 1 unspecified atom stereocenters. The summed E-state index contributed by atoms with van der Waals surface area (Å²) in [5.74, 6) is -0.261. The first-order chi connectivity index (χ1) is 13.8. The van der Waals surface area contributed by atoms with Crippen molar-refractivity contribution < 1.29 is 19.1 Å². The second kappa shape index (κ2) is 10.6. The zero-order chi connectivity index (χ0) is 21.3. The Morgan fingerprint density at radius 1 is 0.966 bits per heavy atom. The highest BCUT2D eigenvalue weighted by molar-refractivity contribution is 5.70. The predicted molar refractivity (Wildman–Crippen MR) is 115 cm³/mol. The van der Waals surface area contributed by atoms with Gasteiger partial charge in [0, 0.05) is 12.5 Å². The Kier molecular flexibility index (Phi) is 8.25. The minimum absolute atomic E-state index is 0.225. The number of rotatable bonds is 8. The molecular formula is C24H31NO4. The molecule has 0 saturated carbocycles. The summed E-state index contributed by atoms with van der Waals surface area (Å²) in [6.07, 6.45) is 0.857. The highest BCUT2D eigenvalue weighted by Gasteiger charge is 2.20. The van der Waals surface area contributed by atoms with Gasteiger partial charge in [-0.2, -0.15) is 0 Å². The van der Waals surface area contributed by atoms with E-state index in [2.05, 4.69) is 41.7 Å². The van der Waals surface area contributed by atoms with Gasteiger partial charge in [-0.05, 0) is 57.2 Å². The third-order valence-corrected chi connectivity index (χ3v) is 4.27. The molecule has 0 radical (unpaired) electrons. The summed E-state index contributed by atoms with van der Waals surface area (Å²) >= 11 is 0. The van der Waals surface area contributed by atoms with E-state index in [1.54, 1.807) is 6.92 Å². The first-order valence-electron chi connectivity index (χ1n) is 10.1. The molecule has 0 aliphatic heterocycles. The lowest BCUT2D eigenvalue weighted by Gasteiger charge is -2.23. The molecule has 0 spiro atoms. The molecule has 156 valence electrons. The van der Waals surface area contributed by atoms with E-state index in [9.17, 15) is 9.59 Å². The SMILES string of the molecule is CCOC(=O)CCC(Cc1ccc(-c2ccccc2)cc1)NC(=O)OC(C)(C)C. The van der Waals surface area contributed by atoms with Crippen LogP contribution in [0.15, 0.2) is 54.6 Å². The van der Waals surface area contributed by atoms with Gasteiger partial charge in [0.15, 0.2) is 0 Å². The first-order valence-corrected chi connectivity index (χ1v) is 10.1. The van der Waals surface area contributed by atoms with E-state index in [1.807, 2.05) is 39.0 Å². The van der Waals surface area contributed by atoms with Gasteiger partial charge in [0.25, 0.3) is 0 Å². The highest BCUT2D eigenvalue weighted by Crippen LogP contribution is 2.20. The number of benzene rings is 2. The average molecular weight is 398 g/mol. The third-order valence-electron chi connectivity index (χ3n) is 4.27. The maximum Gasteiger partial charge on any atom is 0.407 e. The smallest absolute Gasteiger partial charge is 0.407 e. The second-order valence-corrected chi connectivity index (χ2v) is 7.95. The van der Waals surface area contributed by atoms with E-state index in [0.29, 0.717) is 19.4 Å². The molecule has 2 rings (SSSR count). The van der Waals surface area contributed by atoms with Gasteiger partial charge in [-0.25, -0.2) is 4.79 Å². The van der Waals surface area contributed by atoms with E-state index < -0.39 is 11.7 Å². The minimum Gasteiger partial charge on any atom is -0.466 e. The number of ether oxygens (including phenoxy) is 2. The predicted octanol–water partition coefficient (Wildman–Crippen LogP) is 5.13. The molecule has 2 aromatic rings. The summed E-state index contributed by atoms with van der Waals surface area (Å²) in [6.45, 7) is 7.60. The number of hydrogen-bond donors (Lipinski definition) is 1. The van der Waals surface area contributed by atoms with Gasteiger partial charge in [0.05, 0.1) is 6.61 Å². The third kappa shape index (κ3) is 8.38. The Balaban J connectivity index is 2.04. The second-order valence-electron chi connectivity index (χ2n) is 7.95. The molecular weight excluding hydrogens is 366 g/mol.